The summed E-state index contributed by atoms with van der Waals surface area (Å²) in [5.74, 6) is 2.35. The Morgan fingerprint density at radius 3 is 2.73 bits per heavy atom. The number of ether oxygens (including phenoxy) is 2. The Kier molecular flexibility index (Phi) is 5.92. The van der Waals surface area contributed by atoms with E-state index in [1.807, 2.05) is 71.6 Å². The number of imidazole rings is 1. The lowest BCUT2D eigenvalue weighted by Gasteiger charge is -2.18. The Balaban J connectivity index is 1.41. The van der Waals surface area contributed by atoms with Crippen molar-refractivity contribution in [3.05, 3.63) is 83.6 Å². The maximum absolute atomic E-state index is 12.9. The zero-order valence-electron chi connectivity index (χ0n) is 18.3. The van der Waals surface area contributed by atoms with Crippen molar-refractivity contribution in [1.29, 1.82) is 0 Å². The number of rotatable bonds is 7. The molecule has 1 amide bonds. The number of carbonyl (C=O) groups excluding carboxylic acids is 1. The maximum atomic E-state index is 12.9. The third-order valence-corrected chi connectivity index (χ3v) is 6.26. The fourth-order valence-electron chi connectivity index (χ4n) is 4.36. The highest BCUT2D eigenvalue weighted by atomic mass is 35.5. The third kappa shape index (κ3) is 4.26. The average molecular weight is 462 g/mol. The van der Waals surface area contributed by atoms with Crippen LogP contribution in [0.4, 0.5) is 5.69 Å². The number of carbonyl (C=O) groups is 1. The van der Waals surface area contributed by atoms with Gasteiger partial charge in [-0.15, -0.1) is 0 Å². The lowest BCUT2D eigenvalue weighted by atomic mass is 10.1. The molecule has 168 valence electrons. The molecule has 1 unspecified atom stereocenters. The summed E-state index contributed by atoms with van der Waals surface area (Å²) in [6.45, 7) is 1.61. The van der Waals surface area contributed by atoms with Gasteiger partial charge in [0.2, 0.25) is 5.91 Å². The van der Waals surface area contributed by atoms with E-state index >= 15 is 0 Å². The molecule has 1 fully saturated rings. The number of methoxy groups -OCH3 is 1. The highest BCUT2D eigenvalue weighted by Crippen LogP contribution is 2.34. The highest BCUT2D eigenvalue weighted by molar-refractivity contribution is 6.32. The monoisotopic (exact) mass is 461 g/mol. The molecule has 2 heterocycles. The molecule has 6 nitrogen and oxygen atoms in total. The van der Waals surface area contributed by atoms with E-state index in [2.05, 4.69) is 10.6 Å². The van der Waals surface area contributed by atoms with Crippen LogP contribution in [-0.2, 0) is 11.3 Å². The minimum atomic E-state index is -0.0172. The van der Waals surface area contributed by atoms with Crippen LogP contribution in [0.25, 0.3) is 11.0 Å². The van der Waals surface area contributed by atoms with Crippen LogP contribution >= 0.6 is 11.6 Å². The summed E-state index contributed by atoms with van der Waals surface area (Å²) in [5, 5.41) is 0.587. The van der Waals surface area contributed by atoms with E-state index in [0.29, 0.717) is 36.9 Å². The maximum Gasteiger partial charge on any atom is 0.227 e. The summed E-state index contributed by atoms with van der Waals surface area (Å²) in [6, 6.07) is 23.1. The number of fused-ring (bicyclic) bond motifs is 1. The number of para-hydroxylation sites is 3. The van der Waals surface area contributed by atoms with Crippen molar-refractivity contribution >= 4 is 34.2 Å². The third-order valence-electron chi connectivity index (χ3n) is 5.95. The van der Waals surface area contributed by atoms with Crippen molar-refractivity contribution in [2.45, 2.75) is 18.9 Å². The van der Waals surface area contributed by atoms with Gasteiger partial charge >= 0.3 is 0 Å². The molecule has 7 heteroatoms. The molecular weight excluding hydrogens is 438 g/mol. The lowest BCUT2D eigenvalue weighted by Crippen LogP contribution is -2.24. The Labute approximate surface area is 197 Å². The Morgan fingerprint density at radius 1 is 1.06 bits per heavy atom. The van der Waals surface area contributed by atoms with Gasteiger partial charge in [-0.05, 0) is 36.4 Å². The number of aromatic nitrogens is 2. The van der Waals surface area contributed by atoms with Gasteiger partial charge in [0.05, 0.1) is 29.7 Å². The van der Waals surface area contributed by atoms with Crippen LogP contribution < -0.4 is 14.4 Å². The lowest BCUT2D eigenvalue weighted by molar-refractivity contribution is -0.117. The summed E-state index contributed by atoms with van der Waals surface area (Å²) >= 11 is 6.23. The summed E-state index contributed by atoms with van der Waals surface area (Å²) < 4.78 is 13.4. The molecule has 0 saturated carbocycles. The van der Waals surface area contributed by atoms with E-state index in [4.69, 9.17) is 26.1 Å². The van der Waals surface area contributed by atoms with E-state index in [1.54, 1.807) is 7.11 Å². The van der Waals surface area contributed by atoms with Crippen LogP contribution in [0.5, 0.6) is 11.5 Å². The van der Waals surface area contributed by atoms with Crippen LogP contribution in [0.3, 0.4) is 0 Å². The molecule has 0 aliphatic carbocycles. The largest absolute Gasteiger partial charge is 0.497 e. The van der Waals surface area contributed by atoms with Gasteiger partial charge in [0, 0.05) is 30.6 Å². The molecule has 1 saturated heterocycles. The zero-order chi connectivity index (χ0) is 22.8. The molecule has 1 aliphatic heterocycles. The van der Waals surface area contributed by atoms with Crippen LogP contribution in [-0.4, -0.2) is 35.7 Å². The standard InChI is InChI=1S/C26H24ClN3O3/c1-32-20-8-6-7-19(16-20)30-17-18(15-25(30)31)26-28-22-10-3-4-11-23(22)29(26)13-14-33-24-12-5-2-9-21(24)27/h2-12,16,18H,13-15,17H2,1H3. The van der Waals surface area contributed by atoms with Crippen LogP contribution in [0, 0.1) is 0 Å². The van der Waals surface area contributed by atoms with E-state index in [-0.39, 0.29) is 11.8 Å². The molecule has 4 aromatic rings. The fraction of sp³-hybridized carbons (Fsp3) is 0.231. The second kappa shape index (κ2) is 9.16. The van der Waals surface area contributed by atoms with Crippen molar-refractivity contribution in [3.8, 4) is 11.5 Å². The summed E-state index contributed by atoms with van der Waals surface area (Å²) in [5.41, 5.74) is 2.78. The summed E-state index contributed by atoms with van der Waals surface area (Å²) in [4.78, 5) is 19.7. The number of anilines is 1. The molecule has 0 radical (unpaired) electrons. The predicted octanol–water partition coefficient (Wildman–Crippen LogP) is 5.30. The van der Waals surface area contributed by atoms with Crippen LogP contribution in [0.1, 0.15) is 18.2 Å². The quantitative estimate of drug-likeness (QED) is 0.375. The SMILES string of the molecule is COc1cccc(N2CC(c3nc4ccccc4n3CCOc3ccccc3Cl)CC2=O)c1. The molecule has 1 aliphatic rings. The first-order valence-corrected chi connectivity index (χ1v) is 11.3. The number of hydrogen-bond donors (Lipinski definition) is 0. The van der Waals surface area contributed by atoms with Crippen molar-refractivity contribution in [2.24, 2.45) is 0 Å². The fourth-order valence-corrected chi connectivity index (χ4v) is 4.55. The second-order valence-electron chi connectivity index (χ2n) is 8.00. The minimum absolute atomic E-state index is 0.0172. The van der Waals surface area contributed by atoms with Gasteiger partial charge in [0.15, 0.2) is 0 Å². The van der Waals surface area contributed by atoms with Crippen LogP contribution in [0.2, 0.25) is 5.02 Å². The smallest absolute Gasteiger partial charge is 0.227 e. The predicted molar refractivity (Wildman–Crippen MR) is 129 cm³/mol. The molecule has 0 spiro atoms. The van der Waals surface area contributed by atoms with Gasteiger partial charge in [-0.1, -0.05) is 41.9 Å². The highest BCUT2D eigenvalue weighted by Gasteiger charge is 2.35. The molecule has 1 atom stereocenters. The number of nitrogens with zero attached hydrogens (tertiary/aromatic N) is 3. The number of halogens is 1. The van der Waals surface area contributed by atoms with Gasteiger partial charge in [-0.3, -0.25) is 4.79 Å². The number of hydrogen-bond acceptors (Lipinski definition) is 4. The molecule has 0 bridgehead atoms. The number of benzene rings is 3. The molecule has 33 heavy (non-hydrogen) atoms. The van der Waals surface area contributed by atoms with E-state index in [1.165, 1.54) is 0 Å². The van der Waals surface area contributed by atoms with Gasteiger partial charge in [-0.25, -0.2) is 4.98 Å². The van der Waals surface area contributed by atoms with Gasteiger partial charge < -0.3 is 18.9 Å². The minimum Gasteiger partial charge on any atom is -0.497 e. The molecule has 1 aromatic heterocycles. The second-order valence-corrected chi connectivity index (χ2v) is 8.40. The van der Waals surface area contributed by atoms with E-state index in [9.17, 15) is 4.79 Å². The summed E-state index contributed by atoms with van der Waals surface area (Å²) in [7, 11) is 1.63. The van der Waals surface area contributed by atoms with Crippen LogP contribution in [0.15, 0.2) is 72.8 Å². The first kappa shape index (κ1) is 21.3. The van der Waals surface area contributed by atoms with Crippen molar-refractivity contribution in [2.75, 3.05) is 25.2 Å². The van der Waals surface area contributed by atoms with Crippen molar-refractivity contribution in [3.63, 3.8) is 0 Å². The van der Waals surface area contributed by atoms with E-state index < -0.39 is 0 Å². The Morgan fingerprint density at radius 2 is 1.88 bits per heavy atom. The average Bonchev–Trinajstić information content (AvgIpc) is 3.41. The molecule has 3 aromatic carbocycles. The first-order valence-electron chi connectivity index (χ1n) is 10.9. The molecule has 5 rings (SSSR count). The topological polar surface area (TPSA) is 56.6 Å². The van der Waals surface area contributed by atoms with Crippen molar-refractivity contribution in [1.82, 2.24) is 9.55 Å². The Bertz CT molecular complexity index is 1300. The normalized spacial score (nSPS) is 15.9. The molecular formula is C26H24ClN3O3. The Hall–Kier alpha value is -3.51. The number of amides is 1. The first-order chi connectivity index (χ1) is 16.1. The summed E-state index contributed by atoms with van der Waals surface area (Å²) in [6.07, 6.45) is 0.409. The van der Waals surface area contributed by atoms with Crippen molar-refractivity contribution < 1.29 is 14.3 Å². The van der Waals surface area contributed by atoms with Gasteiger partial charge in [-0.2, -0.15) is 0 Å². The van der Waals surface area contributed by atoms with Gasteiger partial charge in [0.25, 0.3) is 0 Å². The zero-order valence-corrected chi connectivity index (χ0v) is 19.0. The van der Waals surface area contributed by atoms with E-state index in [0.717, 1.165) is 28.3 Å². The van der Waals surface area contributed by atoms with Gasteiger partial charge in [0.1, 0.15) is 23.9 Å². The molecule has 0 N–H and O–H groups in total.